The van der Waals surface area contributed by atoms with Crippen LogP contribution in [0.3, 0.4) is 0 Å². The molecular weight excluding hydrogens is 1000 g/mol. The maximum absolute atomic E-state index is 13.7. The molecule has 426 valence electrons. The number of esters is 1. The number of hydrogen-bond donors (Lipinski definition) is 11. The first-order valence-corrected chi connectivity index (χ1v) is 24.5. The second-order valence-corrected chi connectivity index (χ2v) is 19.7. The third kappa shape index (κ3) is 32.0. The molecule has 0 heterocycles. The van der Waals surface area contributed by atoms with Crippen LogP contribution in [0.25, 0.3) is 0 Å². The average Bonchev–Trinajstić information content (AvgIpc) is 3.30. The van der Waals surface area contributed by atoms with Crippen LogP contribution in [-0.2, 0) is 78.1 Å². The highest BCUT2D eigenvalue weighted by Crippen LogP contribution is 2.13. The number of ether oxygens (including phenoxy) is 4. The van der Waals surface area contributed by atoms with Crippen LogP contribution in [0.2, 0.25) is 0 Å². The molecule has 0 aromatic heterocycles. The van der Waals surface area contributed by atoms with Gasteiger partial charge in [0.15, 0.2) is 0 Å². The van der Waals surface area contributed by atoms with Crippen molar-refractivity contribution >= 4 is 71.3 Å². The van der Waals surface area contributed by atoms with Gasteiger partial charge in [0.1, 0.15) is 54.6 Å². The van der Waals surface area contributed by atoms with Crippen molar-refractivity contribution in [2.24, 2.45) is 5.92 Å². The number of carbonyl (C=O) groups is 12. The minimum absolute atomic E-state index is 0.00224. The van der Waals surface area contributed by atoms with Gasteiger partial charge in [-0.05, 0) is 78.7 Å². The van der Waals surface area contributed by atoms with Gasteiger partial charge in [0, 0.05) is 32.2 Å². The molecule has 8 amide bonds. The lowest BCUT2D eigenvalue weighted by Gasteiger charge is -2.25. The number of aliphatic carboxylic acids is 3. The fraction of sp³-hybridized carbons (Fsp3) is 0.633. The molecule has 0 fully saturated rings. The van der Waals surface area contributed by atoms with E-state index >= 15 is 0 Å². The molecule has 1 rings (SSSR count). The van der Waals surface area contributed by atoms with Gasteiger partial charge >= 0.3 is 30.0 Å². The first-order valence-electron chi connectivity index (χ1n) is 24.5. The first kappa shape index (κ1) is 66.6. The number of benzene rings is 1. The van der Waals surface area contributed by atoms with E-state index in [0.29, 0.717) is 5.56 Å². The molecule has 0 aliphatic carbocycles. The first-order chi connectivity index (χ1) is 35.4. The molecule has 0 saturated carbocycles. The normalized spacial score (nSPS) is 13.2. The highest BCUT2D eigenvalue weighted by atomic mass is 16.6. The maximum Gasteiger partial charge on any atom is 0.408 e. The van der Waals surface area contributed by atoms with Gasteiger partial charge in [-0.1, -0.05) is 44.2 Å². The Bertz CT molecular complexity index is 2130. The van der Waals surface area contributed by atoms with Crippen molar-refractivity contribution in [3.05, 3.63) is 35.9 Å². The minimum Gasteiger partial charge on any atom is -0.481 e. The van der Waals surface area contributed by atoms with E-state index in [2.05, 4.69) is 42.5 Å². The zero-order valence-corrected chi connectivity index (χ0v) is 44.3. The predicted octanol–water partition coefficient (Wildman–Crippen LogP) is -0.574. The SMILES string of the molecule is CC(C)CC(NC(=O)C(Cc1ccccc1)NC(=O)CNC(=O)OC(C)(C)C)C(=O)NCC(=O)NC(CCC(=O)NCCOCCOCC(=O)NC(CCC(=O)O)C(=O)NC(CCC(=O)O)C(=O)O)C(=O)OC(C)(C)C. The van der Waals surface area contributed by atoms with Crippen LogP contribution in [0.4, 0.5) is 4.79 Å². The van der Waals surface area contributed by atoms with Gasteiger partial charge in [0.25, 0.3) is 0 Å². The summed E-state index contributed by atoms with van der Waals surface area (Å²) in [5.74, 6) is -10.5. The molecule has 5 unspecified atom stereocenters. The minimum atomic E-state index is -1.61. The third-order valence-electron chi connectivity index (χ3n) is 9.91. The Morgan fingerprint density at radius 3 is 1.59 bits per heavy atom. The van der Waals surface area contributed by atoms with Gasteiger partial charge in [-0.25, -0.2) is 14.4 Å². The number of carboxylic acids is 3. The molecule has 0 spiro atoms. The molecule has 1 aromatic rings. The quantitative estimate of drug-likeness (QED) is 0.0299. The number of carbonyl (C=O) groups excluding carboxylic acids is 9. The summed E-state index contributed by atoms with van der Waals surface area (Å²) in [6, 6.07) is 1.98. The fourth-order valence-corrected chi connectivity index (χ4v) is 6.49. The molecule has 11 N–H and O–H groups in total. The van der Waals surface area contributed by atoms with Crippen molar-refractivity contribution in [1.29, 1.82) is 0 Å². The Morgan fingerprint density at radius 2 is 1.03 bits per heavy atom. The Kier molecular flexibility index (Phi) is 30.0. The Labute approximate surface area is 440 Å². The Balaban J connectivity index is 2.78. The van der Waals surface area contributed by atoms with Gasteiger partial charge in [-0.15, -0.1) is 0 Å². The van der Waals surface area contributed by atoms with E-state index in [1.807, 2.05) is 0 Å². The summed E-state index contributed by atoms with van der Waals surface area (Å²) < 4.78 is 21.2. The molecule has 76 heavy (non-hydrogen) atoms. The summed E-state index contributed by atoms with van der Waals surface area (Å²) in [5, 5.41) is 46.7. The van der Waals surface area contributed by atoms with E-state index in [4.69, 9.17) is 29.2 Å². The Morgan fingerprint density at radius 1 is 0.513 bits per heavy atom. The summed E-state index contributed by atoms with van der Waals surface area (Å²) in [5.41, 5.74) is -1.11. The van der Waals surface area contributed by atoms with Crippen LogP contribution in [0.5, 0.6) is 0 Å². The summed E-state index contributed by atoms with van der Waals surface area (Å²) in [7, 11) is 0. The Hall–Kier alpha value is -7.42. The summed E-state index contributed by atoms with van der Waals surface area (Å²) in [6.45, 7) is 11.4. The summed E-state index contributed by atoms with van der Waals surface area (Å²) in [6.07, 6.45) is -3.16. The summed E-state index contributed by atoms with van der Waals surface area (Å²) in [4.78, 5) is 150. The summed E-state index contributed by atoms with van der Waals surface area (Å²) >= 11 is 0. The smallest absolute Gasteiger partial charge is 0.408 e. The predicted molar refractivity (Wildman–Crippen MR) is 268 cm³/mol. The topological polar surface area (TPSA) is 399 Å². The van der Waals surface area contributed by atoms with Crippen molar-refractivity contribution in [2.45, 2.75) is 148 Å². The monoisotopic (exact) mass is 1080 g/mol. The van der Waals surface area contributed by atoms with Crippen LogP contribution < -0.4 is 42.5 Å². The second kappa shape index (κ2) is 34.2. The van der Waals surface area contributed by atoms with Crippen molar-refractivity contribution in [1.82, 2.24) is 42.5 Å². The molecular formula is C49H76N8O19. The maximum atomic E-state index is 13.7. The second-order valence-electron chi connectivity index (χ2n) is 19.7. The average molecular weight is 1080 g/mol. The van der Waals surface area contributed by atoms with Crippen LogP contribution in [0.1, 0.15) is 106 Å². The molecule has 1 aromatic carbocycles. The van der Waals surface area contributed by atoms with E-state index in [9.17, 15) is 62.6 Å². The van der Waals surface area contributed by atoms with Crippen molar-refractivity contribution in [2.75, 3.05) is 46.1 Å². The van der Waals surface area contributed by atoms with Crippen molar-refractivity contribution in [3.8, 4) is 0 Å². The number of nitrogens with one attached hydrogen (secondary N) is 8. The van der Waals surface area contributed by atoms with Crippen LogP contribution in [0, 0.1) is 5.92 Å². The lowest BCUT2D eigenvalue weighted by Crippen LogP contribution is -2.56. The van der Waals surface area contributed by atoms with Crippen molar-refractivity contribution in [3.63, 3.8) is 0 Å². The lowest BCUT2D eigenvalue weighted by molar-refractivity contribution is -0.159. The molecule has 0 aliphatic heterocycles. The number of alkyl carbamates (subject to hydrolysis) is 1. The highest BCUT2D eigenvalue weighted by Gasteiger charge is 2.31. The molecule has 0 bridgehead atoms. The van der Waals surface area contributed by atoms with Crippen LogP contribution >= 0.6 is 0 Å². The number of hydrogen-bond acceptors (Lipinski definition) is 16. The van der Waals surface area contributed by atoms with Gasteiger partial charge in [-0.3, -0.25) is 43.2 Å². The number of amides is 8. The zero-order chi connectivity index (χ0) is 57.6. The van der Waals surface area contributed by atoms with E-state index < -0.39 is 158 Å². The molecule has 0 saturated heterocycles. The van der Waals surface area contributed by atoms with Gasteiger partial charge in [0.05, 0.1) is 26.4 Å². The molecule has 0 aliphatic rings. The molecule has 0 radical (unpaired) electrons. The fourth-order valence-electron chi connectivity index (χ4n) is 6.49. The van der Waals surface area contributed by atoms with E-state index in [-0.39, 0.29) is 58.0 Å². The third-order valence-corrected chi connectivity index (χ3v) is 9.91. The zero-order valence-electron chi connectivity index (χ0n) is 44.3. The lowest BCUT2D eigenvalue weighted by atomic mass is 10.0. The van der Waals surface area contributed by atoms with Crippen LogP contribution in [-0.4, -0.2) is 174 Å². The standard InChI is InChI=1S/C49H76N8O19/c1-29(2)24-34(57-44(68)35(25-30-12-10-9-11-13-30)55-38(60)27-52-47(72)76-49(6,7)8)42(66)51-26-37(59)54-33(46(71)75-48(3,4)5)14-17-36(58)50-20-21-73-22-23-74-28-39(61)53-31(15-18-40(62)63)43(67)56-32(45(69)70)16-19-41(64)65/h9-13,29,31-35H,14-28H2,1-8H3,(H,50,58)(H,51,66)(H,52,72)(H,53,61)(H,54,59)(H,55,60)(H,56,67)(H,57,68)(H,62,63)(H,64,65)(H,69,70). The molecule has 5 atom stereocenters. The van der Waals surface area contributed by atoms with E-state index in [0.717, 1.165) is 0 Å². The highest BCUT2D eigenvalue weighted by molar-refractivity contribution is 5.95. The van der Waals surface area contributed by atoms with Gasteiger partial charge < -0.3 is 76.8 Å². The number of carboxylic acid groups (broad SMARTS) is 3. The molecule has 27 nitrogen and oxygen atoms in total. The van der Waals surface area contributed by atoms with E-state index in [1.165, 1.54) is 0 Å². The van der Waals surface area contributed by atoms with Crippen LogP contribution in [0.15, 0.2) is 30.3 Å². The number of rotatable bonds is 35. The molecule has 27 heteroatoms. The van der Waals surface area contributed by atoms with Gasteiger partial charge in [-0.2, -0.15) is 0 Å². The van der Waals surface area contributed by atoms with E-state index in [1.54, 1.807) is 85.7 Å². The van der Waals surface area contributed by atoms with Gasteiger partial charge in [0.2, 0.25) is 41.4 Å². The van der Waals surface area contributed by atoms with Crippen molar-refractivity contribution < 1.29 is 91.8 Å². The largest absolute Gasteiger partial charge is 0.481 e.